The lowest BCUT2D eigenvalue weighted by Crippen LogP contribution is -2.35. The molecule has 0 saturated heterocycles. The van der Waals surface area contributed by atoms with Gasteiger partial charge in [-0.1, -0.05) is 36.4 Å². The number of esters is 1. The lowest BCUT2D eigenvalue weighted by atomic mass is 10.1. The Morgan fingerprint density at radius 1 is 1.11 bits per heavy atom. The summed E-state index contributed by atoms with van der Waals surface area (Å²) in [5.41, 5.74) is 0.941. The number of aliphatic imine (C=N–C) groups is 1. The van der Waals surface area contributed by atoms with E-state index in [-0.39, 0.29) is 18.0 Å². The Morgan fingerprint density at radius 3 is 2.69 bits per heavy atom. The number of carbonyl (C=O) groups is 2. The Bertz CT molecular complexity index is 1420. The number of benzene rings is 2. The second-order valence-corrected chi connectivity index (χ2v) is 8.40. The third-order valence-electron chi connectivity index (χ3n) is 5.11. The first-order valence-electron chi connectivity index (χ1n) is 10.5. The molecule has 3 aromatic rings. The molecule has 35 heavy (non-hydrogen) atoms. The number of methoxy groups -OCH3 is 1. The molecular weight excluding hydrogens is 468 g/mol. The van der Waals surface area contributed by atoms with Crippen LogP contribution in [0.3, 0.4) is 0 Å². The maximum Gasteiger partial charge on any atom is 0.338 e. The summed E-state index contributed by atoms with van der Waals surface area (Å²) < 4.78 is 16.4. The molecule has 0 spiro atoms. The van der Waals surface area contributed by atoms with Gasteiger partial charge in [0.25, 0.3) is 5.91 Å². The topological polar surface area (TPSA) is 118 Å². The molecule has 1 amide bonds. The van der Waals surface area contributed by atoms with Crippen molar-refractivity contribution in [1.82, 2.24) is 5.01 Å². The third-order valence-corrected chi connectivity index (χ3v) is 5.99. The van der Waals surface area contributed by atoms with Gasteiger partial charge in [0.15, 0.2) is 5.84 Å². The number of nitrogens with one attached hydrogen (secondary N) is 1. The largest absolute Gasteiger partial charge is 0.487 e. The van der Waals surface area contributed by atoms with Gasteiger partial charge in [0.2, 0.25) is 5.17 Å². The van der Waals surface area contributed by atoms with Gasteiger partial charge in [0.1, 0.15) is 28.9 Å². The number of ether oxygens (including phenoxy) is 2. The van der Waals surface area contributed by atoms with Crippen molar-refractivity contribution in [2.45, 2.75) is 0 Å². The molecule has 1 N–H and O–H groups in total. The van der Waals surface area contributed by atoms with Gasteiger partial charge in [0, 0.05) is 5.56 Å². The van der Waals surface area contributed by atoms with Crippen LogP contribution in [-0.4, -0.2) is 46.6 Å². The van der Waals surface area contributed by atoms with Crippen LogP contribution in [-0.2, 0) is 9.53 Å². The number of amides is 1. The van der Waals surface area contributed by atoms with E-state index in [0.29, 0.717) is 38.6 Å². The minimum absolute atomic E-state index is 0.0329. The molecule has 0 saturated carbocycles. The van der Waals surface area contributed by atoms with Crippen LogP contribution >= 0.6 is 11.8 Å². The zero-order valence-corrected chi connectivity index (χ0v) is 19.2. The molecule has 0 atom stereocenters. The first kappa shape index (κ1) is 22.4. The Hall–Kier alpha value is -4.44. The van der Waals surface area contributed by atoms with Crippen molar-refractivity contribution in [2.24, 2.45) is 10.1 Å². The number of hydrogen-bond donors (Lipinski definition) is 1. The normalized spacial score (nSPS) is 16.1. The zero-order chi connectivity index (χ0) is 24.4. The third kappa shape index (κ3) is 4.51. The van der Waals surface area contributed by atoms with E-state index >= 15 is 0 Å². The Labute approximate surface area is 204 Å². The fourth-order valence-electron chi connectivity index (χ4n) is 3.46. The van der Waals surface area contributed by atoms with Gasteiger partial charge in [-0.25, -0.2) is 4.79 Å². The van der Waals surface area contributed by atoms with Gasteiger partial charge in [-0.3, -0.25) is 10.2 Å². The van der Waals surface area contributed by atoms with Crippen LogP contribution in [0.1, 0.15) is 16.1 Å². The highest BCUT2D eigenvalue weighted by molar-refractivity contribution is 8.27. The van der Waals surface area contributed by atoms with Crippen LogP contribution < -0.4 is 4.74 Å². The molecular formula is C25H18N4O5S. The summed E-state index contributed by atoms with van der Waals surface area (Å²) in [4.78, 5) is 28.8. The number of fused-ring (bicyclic) bond motifs is 1. The fraction of sp³-hybridized carbons (Fsp3) is 0.0800. The lowest BCUT2D eigenvalue weighted by Gasteiger charge is -2.19. The molecule has 3 heterocycles. The Balaban J connectivity index is 1.36. The highest BCUT2D eigenvalue weighted by Crippen LogP contribution is 2.31. The zero-order valence-electron chi connectivity index (χ0n) is 18.4. The summed E-state index contributed by atoms with van der Waals surface area (Å²) in [6, 6.07) is 19.5. The van der Waals surface area contributed by atoms with Gasteiger partial charge in [-0.05, 0) is 48.2 Å². The number of hydrogen-bond acceptors (Lipinski definition) is 8. The van der Waals surface area contributed by atoms with Gasteiger partial charge in [0.05, 0.1) is 18.2 Å². The molecule has 2 aromatic carbocycles. The number of carbonyl (C=O) groups excluding carboxylic acids is 2. The highest BCUT2D eigenvalue weighted by Gasteiger charge is 2.36. The van der Waals surface area contributed by atoms with Crippen LogP contribution in [0.2, 0.25) is 0 Å². The number of thioether (sulfide) groups is 1. The van der Waals surface area contributed by atoms with Gasteiger partial charge < -0.3 is 13.9 Å². The van der Waals surface area contributed by atoms with Gasteiger partial charge in [-0.2, -0.15) is 15.1 Å². The lowest BCUT2D eigenvalue weighted by molar-refractivity contribution is -0.114. The van der Waals surface area contributed by atoms with Crippen LogP contribution in [0.15, 0.2) is 86.8 Å². The number of rotatable bonds is 6. The van der Waals surface area contributed by atoms with Crippen molar-refractivity contribution in [2.75, 3.05) is 13.7 Å². The van der Waals surface area contributed by atoms with Gasteiger partial charge in [-0.15, -0.1) is 0 Å². The summed E-state index contributed by atoms with van der Waals surface area (Å²) in [7, 11) is 1.31. The van der Waals surface area contributed by atoms with Crippen LogP contribution in [0.4, 0.5) is 0 Å². The average Bonchev–Trinajstić information content (AvgIpc) is 3.52. The first-order chi connectivity index (χ1) is 17.0. The number of amidine groups is 2. The molecule has 0 fully saturated rings. The van der Waals surface area contributed by atoms with Crippen LogP contribution in [0.5, 0.6) is 5.75 Å². The fourth-order valence-corrected chi connectivity index (χ4v) is 4.25. The van der Waals surface area contributed by atoms with E-state index in [2.05, 4.69) is 10.1 Å². The molecule has 0 radical (unpaired) electrons. The second-order valence-electron chi connectivity index (χ2n) is 7.35. The summed E-state index contributed by atoms with van der Waals surface area (Å²) in [5.74, 6) is 0.273. The maximum absolute atomic E-state index is 12.7. The Kier molecular flexibility index (Phi) is 6.02. The molecule has 174 valence electrons. The molecule has 5 rings (SSSR count). The smallest absolute Gasteiger partial charge is 0.338 e. The predicted molar refractivity (Wildman–Crippen MR) is 132 cm³/mol. The number of hydrazone groups is 1. The number of furan rings is 1. The van der Waals surface area contributed by atoms with E-state index in [4.69, 9.17) is 19.3 Å². The van der Waals surface area contributed by atoms with Crippen molar-refractivity contribution in [1.29, 1.82) is 5.41 Å². The minimum atomic E-state index is -0.568. The molecule has 9 nitrogen and oxygen atoms in total. The monoisotopic (exact) mass is 486 g/mol. The molecule has 2 aliphatic rings. The highest BCUT2D eigenvalue weighted by atomic mass is 32.2. The SMILES string of the molecule is COC(=O)c1ccccc1-c1ccc(/C=C2/C(=N)N3N=C(COc4ccccc4)SC3=NC2=O)o1. The molecule has 10 heteroatoms. The predicted octanol–water partition coefficient (Wildman–Crippen LogP) is 4.43. The van der Waals surface area contributed by atoms with Gasteiger partial charge >= 0.3 is 5.97 Å². The molecule has 2 aliphatic heterocycles. The molecule has 0 bridgehead atoms. The summed E-state index contributed by atoms with van der Waals surface area (Å²) >= 11 is 1.18. The summed E-state index contributed by atoms with van der Waals surface area (Å²) in [5, 5.41) is 15.1. The molecule has 0 aliphatic carbocycles. The van der Waals surface area contributed by atoms with E-state index in [9.17, 15) is 9.59 Å². The van der Waals surface area contributed by atoms with Crippen molar-refractivity contribution < 1.29 is 23.5 Å². The van der Waals surface area contributed by atoms with Crippen molar-refractivity contribution in [3.05, 3.63) is 83.6 Å². The van der Waals surface area contributed by atoms with Crippen molar-refractivity contribution in [3.8, 4) is 17.1 Å². The minimum Gasteiger partial charge on any atom is -0.487 e. The standard InChI is InChI=1S/C25H18N4O5S/c1-32-24(31)18-10-6-5-9-17(18)20-12-11-16(34-20)13-19-22(26)29-25(27-23(19)30)35-21(28-29)14-33-15-7-3-2-4-8-15/h2-13,26H,14H2,1H3/b19-13-,26-22?. The van der Waals surface area contributed by atoms with Crippen molar-refractivity contribution in [3.63, 3.8) is 0 Å². The average molecular weight is 487 g/mol. The quantitative estimate of drug-likeness (QED) is 0.404. The summed E-state index contributed by atoms with van der Waals surface area (Å²) in [6.07, 6.45) is 1.44. The van der Waals surface area contributed by atoms with Crippen LogP contribution in [0, 0.1) is 5.41 Å². The van der Waals surface area contributed by atoms with E-state index < -0.39 is 11.9 Å². The summed E-state index contributed by atoms with van der Waals surface area (Å²) in [6.45, 7) is 0.186. The number of nitrogens with zero attached hydrogens (tertiary/aromatic N) is 3. The maximum atomic E-state index is 12.7. The molecule has 1 aromatic heterocycles. The Morgan fingerprint density at radius 2 is 1.89 bits per heavy atom. The van der Waals surface area contributed by atoms with Crippen LogP contribution in [0.25, 0.3) is 17.4 Å². The second kappa shape index (κ2) is 9.43. The van der Waals surface area contributed by atoms with Crippen molar-refractivity contribution >= 4 is 45.8 Å². The van der Waals surface area contributed by atoms with E-state index in [1.807, 2.05) is 30.3 Å². The van der Waals surface area contributed by atoms with E-state index in [1.54, 1.807) is 36.4 Å². The number of para-hydroxylation sites is 1. The van der Waals surface area contributed by atoms with E-state index in [0.717, 1.165) is 0 Å². The first-order valence-corrected chi connectivity index (χ1v) is 11.3. The molecule has 0 unspecified atom stereocenters. The van der Waals surface area contributed by atoms with E-state index in [1.165, 1.54) is 30.0 Å².